The maximum absolute atomic E-state index is 12.7. The first kappa shape index (κ1) is 19.6. The normalized spacial score (nSPS) is 11.2. The molecule has 0 radical (unpaired) electrons. The van der Waals surface area contributed by atoms with Gasteiger partial charge < -0.3 is 5.32 Å². The monoisotopic (exact) mass is 423 g/mol. The summed E-state index contributed by atoms with van der Waals surface area (Å²) in [6.45, 7) is 8.02. The van der Waals surface area contributed by atoms with Gasteiger partial charge in [0.1, 0.15) is 16.2 Å². The van der Waals surface area contributed by atoms with E-state index in [-0.39, 0.29) is 11.7 Å². The number of aromatic nitrogens is 4. The summed E-state index contributed by atoms with van der Waals surface area (Å²) in [6.07, 6.45) is 1.57. The van der Waals surface area contributed by atoms with Crippen molar-refractivity contribution in [3.63, 3.8) is 0 Å². The molecule has 0 aliphatic rings. The van der Waals surface area contributed by atoms with Crippen molar-refractivity contribution in [2.24, 2.45) is 0 Å². The summed E-state index contributed by atoms with van der Waals surface area (Å²) in [4.78, 5) is 23.6. The summed E-state index contributed by atoms with van der Waals surface area (Å²) in [5.74, 6) is 0.195. The zero-order chi connectivity index (χ0) is 20.5. The molecule has 0 atom stereocenters. The third-order valence-electron chi connectivity index (χ3n) is 4.83. The van der Waals surface area contributed by atoms with Crippen molar-refractivity contribution >= 4 is 44.9 Å². The third kappa shape index (κ3) is 3.77. The van der Waals surface area contributed by atoms with E-state index in [1.807, 2.05) is 48.9 Å². The Balaban J connectivity index is 1.51. The number of nitrogens with zero attached hydrogens (tertiary/aromatic N) is 4. The lowest BCUT2D eigenvalue weighted by molar-refractivity contribution is -0.113. The summed E-state index contributed by atoms with van der Waals surface area (Å²) in [6, 6.07) is 9.89. The van der Waals surface area contributed by atoms with E-state index in [2.05, 4.69) is 34.2 Å². The van der Waals surface area contributed by atoms with Gasteiger partial charge >= 0.3 is 0 Å². The van der Waals surface area contributed by atoms with Gasteiger partial charge in [-0.1, -0.05) is 30.0 Å². The molecule has 1 aromatic carbocycles. The molecule has 0 saturated carbocycles. The summed E-state index contributed by atoms with van der Waals surface area (Å²) in [7, 11) is 0. The zero-order valence-electron chi connectivity index (χ0n) is 16.7. The average Bonchev–Trinajstić information content (AvgIpc) is 3.17. The molecule has 29 heavy (non-hydrogen) atoms. The van der Waals surface area contributed by atoms with Crippen LogP contribution in [0.1, 0.15) is 21.8 Å². The SMILES string of the molecule is Cc1nn(-c2ccccc2)c(C)c1NC(=O)CSc1ncnc2sc(C)c(C)c12. The van der Waals surface area contributed by atoms with Gasteiger partial charge in [-0.3, -0.25) is 4.79 Å². The van der Waals surface area contributed by atoms with E-state index in [1.165, 1.54) is 22.2 Å². The van der Waals surface area contributed by atoms with Gasteiger partial charge in [0.05, 0.1) is 28.5 Å². The van der Waals surface area contributed by atoms with Gasteiger partial charge in [-0.2, -0.15) is 5.10 Å². The average molecular weight is 424 g/mol. The number of benzene rings is 1. The Hall–Kier alpha value is -2.71. The molecule has 0 saturated heterocycles. The lowest BCUT2D eigenvalue weighted by Crippen LogP contribution is -2.15. The van der Waals surface area contributed by atoms with Crippen molar-refractivity contribution in [2.45, 2.75) is 32.7 Å². The third-order valence-corrected chi connectivity index (χ3v) is 6.93. The molecule has 0 spiro atoms. The van der Waals surface area contributed by atoms with E-state index in [9.17, 15) is 4.79 Å². The Kier molecular flexibility index (Phi) is 5.38. The summed E-state index contributed by atoms with van der Waals surface area (Å²) in [5.41, 5.74) is 4.60. The van der Waals surface area contributed by atoms with Crippen molar-refractivity contribution in [2.75, 3.05) is 11.1 Å². The van der Waals surface area contributed by atoms with E-state index >= 15 is 0 Å². The number of carbonyl (C=O) groups is 1. The number of hydrogen-bond donors (Lipinski definition) is 1. The van der Waals surface area contributed by atoms with Crippen LogP contribution >= 0.6 is 23.1 Å². The number of rotatable bonds is 5. The Bertz CT molecular complexity index is 1200. The Morgan fingerprint density at radius 1 is 1.14 bits per heavy atom. The van der Waals surface area contributed by atoms with Crippen LogP contribution in [0, 0.1) is 27.7 Å². The molecule has 3 heterocycles. The van der Waals surface area contributed by atoms with Gasteiger partial charge in [-0.25, -0.2) is 14.6 Å². The summed E-state index contributed by atoms with van der Waals surface area (Å²) in [5, 5.41) is 9.51. The van der Waals surface area contributed by atoms with Gasteiger partial charge in [0.25, 0.3) is 0 Å². The van der Waals surface area contributed by atoms with E-state index in [4.69, 9.17) is 0 Å². The van der Waals surface area contributed by atoms with Crippen LogP contribution in [-0.4, -0.2) is 31.4 Å². The number of thioether (sulfide) groups is 1. The predicted molar refractivity (Wildman–Crippen MR) is 119 cm³/mol. The second-order valence-corrected chi connectivity index (χ2v) is 8.94. The highest BCUT2D eigenvalue weighted by atomic mass is 32.2. The molecule has 0 aliphatic carbocycles. The van der Waals surface area contributed by atoms with Gasteiger partial charge in [0.2, 0.25) is 5.91 Å². The zero-order valence-corrected chi connectivity index (χ0v) is 18.3. The number of aryl methyl sites for hydroxylation is 3. The Morgan fingerprint density at radius 3 is 2.66 bits per heavy atom. The van der Waals surface area contributed by atoms with Crippen LogP contribution in [0.25, 0.3) is 15.9 Å². The van der Waals surface area contributed by atoms with Crippen LogP contribution in [-0.2, 0) is 4.79 Å². The standard InChI is InChI=1S/C21H21N5OS2/c1-12-15(4)29-21-18(12)20(22-11-23-21)28-10-17(27)24-19-13(2)25-26(14(19)3)16-8-6-5-7-9-16/h5-9,11H,10H2,1-4H3,(H,24,27). The van der Waals surface area contributed by atoms with E-state index in [0.717, 1.165) is 38.0 Å². The molecule has 0 bridgehead atoms. The van der Waals surface area contributed by atoms with Crippen molar-refractivity contribution in [3.8, 4) is 5.69 Å². The second kappa shape index (κ2) is 7.96. The van der Waals surface area contributed by atoms with Crippen LogP contribution in [0.3, 0.4) is 0 Å². The fourth-order valence-corrected chi connectivity index (χ4v) is 5.13. The van der Waals surface area contributed by atoms with Crippen molar-refractivity contribution < 1.29 is 4.79 Å². The number of fused-ring (bicyclic) bond motifs is 1. The largest absolute Gasteiger partial charge is 0.322 e. The lowest BCUT2D eigenvalue weighted by Gasteiger charge is -2.07. The maximum Gasteiger partial charge on any atom is 0.234 e. The van der Waals surface area contributed by atoms with Crippen molar-refractivity contribution in [1.29, 1.82) is 0 Å². The molecule has 148 valence electrons. The molecule has 4 rings (SSSR count). The molecular weight excluding hydrogens is 402 g/mol. The molecule has 3 aromatic heterocycles. The van der Waals surface area contributed by atoms with Crippen LogP contribution in [0.5, 0.6) is 0 Å². The highest BCUT2D eigenvalue weighted by Crippen LogP contribution is 2.34. The molecule has 1 amide bonds. The molecule has 6 nitrogen and oxygen atoms in total. The van der Waals surface area contributed by atoms with E-state index < -0.39 is 0 Å². The van der Waals surface area contributed by atoms with Crippen molar-refractivity contribution in [3.05, 3.63) is 58.5 Å². The molecule has 0 aliphatic heterocycles. The number of para-hydroxylation sites is 1. The van der Waals surface area contributed by atoms with Gasteiger partial charge in [0.15, 0.2) is 0 Å². The van der Waals surface area contributed by atoms with Crippen LogP contribution < -0.4 is 5.32 Å². The Morgan fingerprint density at radius 2 is 1.90 bits per heavy atom. The van der Waals surface area contributed by atoms with Crippen LogP contribution in [0.4, 0.5) is 5.69 Å². The minimum absolute atomic E-state index is 0.0785. The molecular formula is C21H21N5OS2. The first-order valence-corrected chi connectivity index (χ1v) is 11.0. The second-order valence-electron chi connectivity index (χ2n) is 6.77. The number of carbonyl (C=O) groups excluding carboxylic acids is 1. The fraction of sp³-hybridized carbons (Fsp3) is 0.238. The minimum atomic E-state index is -0.0785. The van der Waals surface area contributed by atoms with Gasteiger partial charge in [-0.15, -0.1) is 11.3 Å². The number of hydrogen-bond acceptors (Lipinski definition) is 6. The molecule has 0 fully saturated rings. The van der Waals surface area contributed by atoms with Crippen LogP contribution in [0.15, 0.2) is 41.7 Å². The molecule has 1 N–H and O–H groups in total. The number of amides is 1. The summed E-state index contributed by atoms with van der Waals surface area (Å²) >= 11 is 3.09. The van der Waals surface area contributed by atoms with Crippen molar-refractivity contribution in [1.82, 2.24) is 19.7 Å². The number of nitrogens with one attached hydrogen (secondary N) is 1. The highest BCUT2D eigenvalue weighted by molar-refractivity contribution is 8.00. The molecule has 0 unspecified atom stereocenters. The van der Waals surface area contributed by atoms with Crippen LogP contribution in [0.2, 0.25) is 0 Å². The van der Waals surface area contributed by atoms with E-state index in [0.29, 0.717) is 0 Å². The predicted octanol–water partition coefficient (Wildman–Crippen LogP) is 4.84. The fourth-order valence-electron chi connectivity index (χ4n) is 3.21. The first-order chi connectivity index (χ1) is 14.0. The van der Waals surface area contributed by atoms with Gasteiger partial charge in [-0.05, 0) is 45.4 Å². The van der Waals surface area contributed by atoms with E-state index in [1.54, 1.807) is 17.7 Å². The maximum atomic E-state index is 12.7. The quantitative estimate of drug-likeness (QED) is 0.367. The number of thiophene rings is 1. The lowest BCUT2D eigenvalue weighted by atomic mass is 10.2. The topological polar surface area (TPSA) is 72.7 Å². The smallest absolute Gasteiger partial charge is 0.234 e. The van der Waals surface area contributed by atoms with Gasteiger partial charge in [0, 0.05) is 10.3 Å². The number of anilines is 1. The first-order valence-electron chi connectivity index (χ1n) is 9.20. The molecule has 8 heteroatoms. The Labute approximate surface area is 177 Å². The highest BCUT2D eigenvalue weighted by Gasteiger charge is 2.17. The minimum Gasteiger partial charge on any atom is -0.322 e. The summed E-state index contributed by atoms with van der Waals surface area (Å²) < 4.78 is 1.85. The molecule has 4 aromatic rings.